The van der Waals surface area contributed by atoms with Crippen molar-refractivity contribution < 1.29 is 118 Å². The molecular formula is C52H74O24. The Hall–Kier alpha value is -3.61. The summed E-state index contributed by atoms with van der Waals surface area (Å²) in [4.78, 5) is 41.4. The normalized spacial score (nSPS) is 41.5. The van der Waals surface area contributed by atoms with Crippen LogP contribution in [-0.4, -0.2) is 216 Å². The maximum Gasteiger partial charge on any atom is 0.202 e. The number of ether oxygens (including phenoxy) is 11. The van der Waals surface area contributed by atoms with E-state index in [1.54, 1.807) is 20.8 Å². The van der Waals surface area contributed by atoms with E-state index in [-0.39, 0.29) is 71.7 Å². The molecule has 5 fully saturated rings. The second-order valence-electron chi connectivity index (χ2n) is 21.5. The van der Waals surface area contributed by atoms with Crippen LogP contribution in [-0.2, 0) is 63.4 Å². The number of fused-ring (bicyclic) bond motifs is 2. The Labute approximate surface area is 438 Å². The van der Waals surface area contributed by atoms with Crippen molar-refractivity contribution in [2.24, 2.45) is 5.92 Å². The Bertz CT molecular complexity index is 2400. The number of hydrogen-bond acceptors (Lipinski definition) is 24. The lowest BCUT2D eigenvalue weighted by molar-refractivity contribution is -0.325. The number of benzene rings is 2. The van der Waals surface area contributed by atoms with Crippen molar-refractivity contribution in [2.45, 2.75) is 235 Å². The molecule has 24 heteroatoms. The van der Waals surface area contributed by atoms with E-state index >= 15 is 4.79 Å². The molecule has 0 spiro atoms. The van der Waals surface area contributed by atoms with Crippen LogP contribution in [0.1, 0.15) is 102 Å². The smallest absolute Gasteiger partial charge is 0.202 e. The summed E-state index contributed by atoms with van der Waals surface area (Å²) in [5.74, 6) is -4.61. The highest BCUT2D eigenvalue weighted by molar-refractivity contribution is 6.11. The van der Waals surface area contributed by atoms with Crippen LogP contribution < -0.4 is 4.74 Å². The number of aromatic hydroxyl groups is 2. The van der Waals surface area contributed by atoms with Crippen molar-refractivity contribution in [1.29, 1.82) is 0 Å². The largest absolute Gasteiger partial charge is 0.507 e. The van der Waals surface area contributed by atoms with E-state index < -0.39 is 176 Å². The molecule has 0 radical (unpaired) electrons. The van der Waals surface area contributed by atoms with Gasteiger partial charge in [-0.15, -0.1) is 0 Å². The Morgan fingerprint density at radius 1 is 0.697 bits per heavy atom. The van der Waals surface area contributed by atoms with Crippen molar-refractivity contribution in [3.63, 3.8) is 0 Å². The van der Waals surface area contributed by atoms with E-state index in [2.05, 4.69) is 0 Å². The Kier molecular flexibility index (Phi) is 17.9. The third-order valence-corrected chi connectivity index (χ3v) is 15.7. The molecule has 5 aliphatic heterocycles. The predicted molar refractivity (Wildman–Crippen MR) is 258 cm³/mol. The van der Waals surface area contributed by atoms with E-state index in [1.165, 1.54) is 53.9 Å². The van der Waals surface area contributed by atoms with Crippen molar-refractivity contribution >= 4 is 28.1 Å². The van der Waals surface area contributed by atoms with Gasteiger partial charge in [0.25, 0.3) is 0 Å². The van der Waals surface area contributed by atoms with Crippen molar-refractivity contribution in [1.82, 2.24) is 0 Å². The Balaban J connectivity index is 1.04. The van der Waals surface area contributed by atoms with Crippen LogP contribution in [0.15, 0.2) is 12.1 Å². The third-order valence-electron chi connectivity index (χ3n) is 15.7. The first-order chi connectivity index (χ1) is 35.7. The average Bonchev–Trinajstić information content (AvgIpc) is 3.38. The molecule has 2 aromatic rings. The minimum absolute atomic E-state index is 0.0386. The van der Waals surface area contributed by atoms with Gasteiger partial charge in [0, 0.05) is 50.7 Å². The van der Waals surface area contributed by atoms with Crippen LogP contribution >= 0.6 is 0 Å². The predicted octanol–water partition coefficient (Wildman–Crippen LogP) is -0.0411. The maximum absolute atomic E-state index is 15.0. The molecule has 8 rings (SSSR count). The standard InChI is InChI=1S/C52H74O24/c1-18-29(72-34-14-30(43(58)21(4)68-34)73-33-13-28(54)42(57)20(3)67-33)12-26-10-25-11-27(49(66-9)48(63)41(56)19(2)53)50(47(62)39(25)46(61)38(26)40(18)55)76-36-16-31(44(59)23(6)70-36)74-35-15-32(45(60)22(5)69-35)75-37-17-52(8,65)51(64)24(7)71-37/h10,12,19-24,27-28,30-37,41-45,49-50,53-61,65H,11,13-17H2,1-9H3/t19-,20-,21-,22-,23-,24-,27+,28-,30+,31-,32-,33+,34+,35+,36+,37+,41+,42-,43-,44-,45+,49+,50+,52+/m1/s1. The van der Waals surface area contributed by atoms with E-state index in [1.807, 2.05) is 0 Å². The number of rotatable bonds is 15. The summed E-state index contributed by atoms with van der Waals surface area (Å²) >= 11 is 0. The SMILES string of the molecule is CO[C@H](C(=O)[C@@H](O)[C@@H](C)O)[C@@H]1Cc2cc3cc(O[C@H]4C[C@H](O[C@H]5C[C@@H](O)[C@H](O)[C@@H](C)O5)[C@H](O)[C@@H](C)O4)c(C)c(O)c3c(O)c2C(=O)[C@H]1O[C@H]1C[C@@H](O[C@H]2C[C@@H](O[C@H]3C[C@](C)(O)C(=O)[C@@H](C)O3)[C@@H](O)[C@@H](C)O2)[C@H](O)[C@@H](C)O1. The fourth-order valence-electron chi connectivity index (χ4n) is 11.2. The molecular weight excluding hydrogens is 1010 g/mol. The van der Waals surface area contributed by atoms with Gasteiger partial charge in [-0.05, 0) is 84.9 Å². The summed E-state index contributed by atoms with van der Waals surface area (Å²) in [6.07, 6.45) is -26.4. The minimum atomic E-state index is -1.95. The molecule has 24 atom stereocenters. The number of ketones is 3. The summed E-state index contributed by atoms with van der Waals surface area (Å²) in [5, 5.41) is 110. The lowest BCUT2D eigenvalue weighted by Crippen LogP contribution is -2.57. The van der Waals surface area contributed by atoms with E-state index in [9.17, 15) is 60.7 Å². The fourth-order valence-corrected chi connectivity index (χ4v) is 11.2. The van der Waals surface area contributed by atoms with Crippen LogP contribution in [0, 0.1) is 12.8 Å². The Morgan fingerprint density at radius 2 is 1.20 bits per heavy atom. The molecule has 76 heavy (non-hydrogen) atoms. The second kappa shape index (κ2) is 23.2. The number of phenolic OH excluding ortho intramolecular Hbond substituents is 2. The maximum atomic E-state index is 15.0. The highest BCUT2D eigenvalue weighted by Gasteiger charge is 2.51. The Morgan fingerprint density at radius 3 is 1.72 bits per heavy atom. The topological polar surface area (TPSA) is 355 Å². The van der Waals surface area contributed by atoms with Gasteiger partial charge in [-0.25, -0.2) is 0 Å². The highest BCUT2D eigenvalue weighted by Crippen LogP contribution is 2.47. The van der Waals surface area contributed by atoms with Gasteiger partial charge in [0.2, 0.25) is 6.29 Å². The van der Waals surface area contributed by atoms with Gasteiger partial charge in [-0.3, -0.25) is 14.4 Å². The number of carbonyl (C=O) groups is 3. The molecule has 6 aliphatic rings. The lowest BCUT2D eigenvalue weighted by Gasteiger charge is -2.45. The van der Waals surface area contributed by atoms with Crippen molar-refractivity contribution in [3.8, 4) is 17.2 Å². The fraction of sp³-hybridized carbons (Fsp3) is 0.750. The second-order valence-corrected chi connectivity index (χ2v) is 21.5. The van der Waals surface area contributed by atoms with E-state index in [0.717, 1.165) is 0 Å². The van der Waals surface area contributed by atoms with Gasteiger partial charge < -0.3 is 103 Å². The average molecular weight is 1080 g/mol. The molecule has 0 bridgehead atoms. The summed E-state index contributed by atoms with van der Waals surface area (Å²) in [6, 6.07) is 3.02. The first-order valence-electron chi connectivity index (χ1n) is 25.9. The van der Waals surface area contributed by atoms with Gasteiger partial charge in [0.05, 0.1) is 65.9 Å². The van der Waals surface area contributed by atoms with Crippen LogP contribution in [0.3, 0.4) is 0 Å². The molecule has 2 aromatic carbocycles. The summed E-state index contributed by atoms with van der Waals surface area (Å²) in [5.41, 5.74) is -1.68. The van der Waals surface area contributed by atoms with E-state index in [0.29, 0.717) is 0 Å². The van der Waals surface area contributed by atoms with Crippen molar-refractivity contribution in [2.75, 3.05) is 7.11 Å². The first-order valence-corrected chi connectivity index (χ1v) is 25.9. The van der Waals surface area contributed by atoms with Gasteiger partial charge >= 0.3 is 0 Å². The molecule has 426 valence electrons. The minimum Gasteiger partial charge on any atom is -0.507 e. The number of Topliss-reactive ketones (excluding diaryl/α,β-unsaturated/α-hetero) is 3. The number of aliphatic hydroxyl groups excluding tert-OH is 7. The van der Waals surface area contributed by atoms with Gasteiger partial charge in [-0.2, -0.15) is 0 Å². The van der Waals surface area contributed by atoms with Crippen LogP contribution in [0.25, 0.3) is 10.8 Å². The van der Waals surface area contributed by atoms with Crippen LogP contribution in [0.2, 0.25) is 0 Å². The van der Waals surface area contributed by atoms with Crippen LogP contribution in [0.5, 0.6) is 17.2 Å². The third kappa shape index (κ3) is 11.8. The number of hydrogen-bond donors (Lipinski definition) is 10. The highest BCUT2D eigenvalue weighted by atomic mass is 16.7. The number of carbonyl (C=O) groups excluding carboxylic acids is 3. The molecule has 5 saturated heterocycles. The zero-order valence-electron chi connectivity index (χ0n) is 43.9. The first kappa shape index (κ1) is 58.5. The number of aliphatic hydroxyl groups is 8. The summed E-state index contributed by atoms with van der Waals surface area (Å²) in [6.45, 7) is 11.9. The quantitative estimate of drug-likeness (QED) is 0.112. The van der Waals surface area contributed by atoms with Crippen molar-refractivity contribution in [3.05, 3.63) is 28.8 Å². The van der Waals surface area contributed by atoms with E-state index in [4.69, 9.17) is 52.1 Å². The molecule has 5 heterocycles. The summed E-state index contributed by atoms with van der Waals surface area (Å²) in [7, 11) is 1.18. The molecule has 0 aromatic heterocycles. The van der Waals surface area contributed by atoms with Crippen LogP contribution in [0.4, 0.5) is 0 Å². The molecule has 0 amide bonds. The summed E-state index contributed by atoms with van der Waals surface area (Å²) < 4.78 is 66.3. The van der Waals surface area contributed by atoms with Gasteiger partial charge in [0.1, 0.15) is 71.7 Å². The molecule has 0 unspecified atom stereocenters. The molecule has 0 saturated carbocycles. The molecule has 10 N–H and O–H groups in total. The zero-order chi connectivity index (χ0) is 55.6. The lowest BCUT2D eigenvalue weighted by atomic mass is 9.75. The van der Waals surface area contributed by atoms with Gasteiger partial charge in [0.15, 0.2) is 42.5 Å². The zero-order valence-corrected chi connectivity index (χ0v) is 43.9. The molecule has 24 nitrogen and oxygen atoms in total. The number of phenols is 2. The van der Waals surface area contributed by atoms with Gasteiger partial charge in [-0.1, -0.05) is 0 Å². The molecule has 1 aliphatic carbocycles. The monoisotopic (exact) mass is 1080 g/mol. The number of methoxy groups -OCH3 is 1.